The first-order chi connectivity index (χ1) is 8.06. The van der Waals surface area contributed by atoms with Crippen molar-refractivity contribution < 1.29 is 14.0 Å². The van der Waals surface area contributed by atoms with Crippen LogP contribution in [0.1, 0.15) is 24.9 Å². The maximum atomic E-state index is 13.0. The molecule has 0 saturated carbocycles. The van der Waals surface area contributed by atoms with Gasteiger partial charge in [-0.15, -0.1) is 0 Å². The van der Waals surface area contributed by atoms with E-state index in [1.807, 2.05) is 6.92 Å². The molecule has 1 saturated heterocycles. The molecule has 17 heavy (non-hydrogen) atoms. The molecule has 0 aliphatic carbocycles. The van der Waals surface area contributed by atoms with Crippen molar-refractivity contribution in [1.82, 2.24) is 10.6 Å². The number of hydrogen-bond donors (Lipinski definition) is 2. The number of benzene rings is 1. The van der Waals surface area contributed by atoms with E-state index in [1.165, 1.54) is 12.1 Å². The molecule has 2 N–H and O–H groups in total. The molecule has 90 valence electrons. The van der Waals surface area contributed by atoms with Gasteiger partial charge < -0.3 is 0 Å². The molecule has 1 unspecified atom stereocenters. The molecular weight excluding hydrogens is 223 g/mol. The van der Waals surface area contributed by atoms with Gasteiger partial charge in [0.15, 0.2) is 0 Å². The van der Waals surface area contributed by atoms with Gasteiger partial charge in [-0.1, -0.05) is 12.1 Å². The molecule has 1 fully saturated rings. The summed E-state index contributed by atoms with van der Waals surface area (Å²) >= 11 is 0. The van der Waals surface area contributed by atoms with Gasteiger partial charge in [-0.2, -0.15) is 0 Å². The van der Waals surface area contributed by atoms with E-state index < -0.39 is 6.04 Å². The van der Waals surface area contributed by atoms with E-state index >= 15 is 0 Å². The molecule has 2 amide bonds. The summed E-state index contributed by atoms with van der Waals surface area (Å²) in [6.07, 6.45) is 0.137. The molecule has 0 aromatic heterocycles. The fourth-order valence-electron chi connectivity index (χ4n) is 1.86. The van der Waals surface area contributed by atoms with Crippen LogP contribution in [-0.2, 0) is 9.59 Å². The molecule has 0 spiro atoms. The SMILES string of the molecule is C[C@H](NC1CC(=O)NC1=O)c1cccc(F)c1. The maximum Gasteiger partial charge on any atom is 0.244 e. The summed E-state index contributed by atoms with van der Waals surface area (Å²) in [5.41, 5.74) is 0.747. The molecule has 0 bridgehead atoms. The van der Waals surface area contributed by atoms with E-state index in [0.717, 1.165) is 5.56 Å². The molecule has 1 heterocycles. The fraction of sp³-hybridized carbons (Fsp3) is 0.333. The number of imide groups is 1. The van der Waals surface area contributed by atoms with Gasteiger partial charge in [-0.05, 0) is 24.6 Å². The molecule has 5 heteroatoms. The molecule has 0 radical (unpaired) electrons. The van der Waals surface area contributed by atoms with Crippen LogP contribution in [0.2, 0.25) is 0 Å². The van der Waals surface area contributed by atoms with E-state index in [2.05, 4.69) is 10.6 Å². The number of amides is 2. The van der Waals surface area contributed by atoms with Crippen LogP contribution in [-0.4, -0.2) is 17.9 Å². The van der Waals surface area contributed by atoms with Gasteiger partial charge >= 0.3 is 0 Å². The molecular formula is C12H13FN2O2. The largest absolute Gasteiger partial charge is 0.299 e. The molecule has 2 rings (SSSR count). The molecule has 1 aliphatic rings. The Morgan fingerprint density at radius 3 is 2.82 bits per heavy atom. The van der Waals surface area contributed by atoms with Crippen LogP contribution in [0.25, 0.3) is 0 Å². The minimum absolute atomic E-state index is 0.137. The van der Waals surface area contributed by atoms with Crippen molar-refractivity contribution in [2.45, 2.75) is 25.4 Å². The third kappa shape index (κ3) is 2.68. The Morgan fingerprint density at radius 2 is 2.24 bits per heavy atom. The Hall–Kier alpha value is -1.75. The Kier molecular flexibility index (Phi) is 3.19. The lowest BCUT2D eigenvalue weighted by Gasteiger charge is -2.17. The average Bonchev–Trinajstić information content (AvgIpc) is 2.57. The van der Waals surface area contributed by atoms with E-state index in [9.17, 15) is 14.0 Å². The lowest BCUT2D eigenvalue weighted by atomic mass is 10.1. The first-order valence-corrected chi connectivity index (χ1v) is 5.41. The topological polar surface area (TPSA) is 58.2 Å². The number of halogens is 1. The quantitative estimate of drug-likeness (QED) is 0.766. The third-order valence-electron chi connectivity index (χ3n) is 2.77. The number of carbonyl (C=O) groups excluding carboxylic acids is 2. The highest BCUT2D eigenvalue weighted by Crippen LogP contribution is 2.16. The highest BCUT2D eigenvalue weighted by atomic mass is 19.1. The zero-order chi connectivity index (χ0) is 12.4. The summed E-state index contributed by atoms with van der Waals surface area (Å²) in [5.74, 6) is -0.916. The second-order valence-electron chi connectivity index (χ2n) is 4.11. The molecule has 1 aromatic rings. The smallest absolute Gasteiger partial charge is 0.244 e. The summed E-state index contributed by atoms with van der Waals surface area (Å²) in [6, 6.07) is 5.44. The van der Waals surface area contributed by atoms with Crippen LogP contribution in [0, 0.1) is 5.82 Å². The highest BCUT2D eigenvalue weighted by Gasteiger charge is 2.31. The summed E-state index contributed by atoms with van der Waals surface area (Å²) in [6.45, 7) is 1.82. The minimum atomic E-state index is -0.527. The van der Waals surface area contributed by atoms with Crippen LogP contribution in [0.3, 0.4) is 0 Å². The van der Waals surface area contributed by atoms with Crippen molar-refractivity contribution in [3.63, 3.8) is 0 Å². The Bertz CT molecular complexity index is 462. The predicted octanol–water partition coefficient (Wildman–Crippen LogP) is 0.891. The van der Waals surface area contributed by atoms with Crippen LogP contribution in [0.15, 0.2) is 24.3 Å². The molecule has 2 atom stereocenters. The summed E-state index contributed by atoms with van der Waals surface area (Å²) in [5, 5.41) is 5.22. The first kappa shape index (κ1) is 11.7. The predicted molar refractivity (Wildman–Crippen MR) is 59.5 cm³/mol. The molecule has 1 aliphatic heterocycles. The number of rotatable bonds is 3. The van der Waals surface area contributed by atoms with Crippen LogP contribution in [0.5, 0.6) is 0 Å². The van der Waals surface area contributed by atoms with E-state index in [1.54, 1.807) is 12.1 Å². The van der Waals surface area contributed by atoms with Crippen molar-refractivity contribution in [1.29, 1.82) is 0 Å². The Balaban J connectivity index is 2.04. The monoisotopic (exact) mass is 236 g/mol. The van der Waals surface area contributed by atoms with Crippen molar-refractivity contribution >= 4 is 11.8 Å². The summed E-state index contributed by atoms with van der Waals surface area (Å²) in [4.78, 5) is 22.4. The van der Waals surface area contributed by atoms with Gasteiger partial charge in [-0.25, -0.2) is 4.39 Å². The Labute approximate surface area is 98.2 Å². The summed E-state index contributed by atoms with van der Waals surface area (Å²) < 4.78 is 13.0. The zero-order valence-corrected chi connectivity index (χ0v) is 9.37. The normalized spacial score (nSPS) is 21.4. The second-order valence-corrected chi connectivity index (χ2v) is 4.11. The molecule has 4 nitrogen and oxygen atoms in total. The van der Waals surface area contributed by atoms with E-state index in [-0.39, 0.29) is 30.1 Å². The lowest BCUT2D eigenvalue weighted by molar-refractivity contribution is -0.125. The van der Waals surface area contributed by atoms with Crippen molar-refractivity contribution in [3.8, 4) is 0 Å². The van der Waals surface area contributed by atoms with Gasteiger partial charge in [0.1, 0.15) is 5.82 Å². The second kappa shape index (κ2) is 4.63. The van der Waals surface area contributed by atoms with Gasteiger partial charge in [0, 0.05) is 6.04 Å². The third-order valence-corrected chi connectivity index (χ3v) is 2.77. The number of carbonyl (C=O) groups is 2. The molecule has 1 aromatic carbocycles. The Morgan fingerprint density at radius 1 is 1.47 bits per heavy atom. The van der Waals surface area contributed by atoms with Crippen molar-refractivity contribution in [2.24, 2.45) is 0 Å². The van der Waals surface area contributed by atoms with Gasteiger partial charge in [-0.3, -0.25) is 20.2 Å². The van der Waals surface area contributed by atoms with Crippen molar-refractivity contribution in [3.05, 3.63) is 35.6 Å². The van der Waals surface area contributed by atoms with Gasteiger partial charge in [0.2, 0.25) is 11.8 Å². The highest BCUT2D eigenvalue weighted by molar-refractivity contribution is 6.05. The maximum absolute atomic E-state index is 13.0. The average molecular weight is 236 g/mol. The fourth-order valence-corrected chi connectivity index (χ4v) is 1.86. The van der Waals surface area contributed by atoms with Crippen LogP contribution in [0.4, 0.5) is 4.39 Å². The number of nitrogens with one attached hydrogen (secondary N) is 2. The van der Waals surface area contributed by atoms with Crippen molar-refractivity contribution in [2.75, 3.05) is 0 Å². The van der Waals surface area contributed by atoms with Crippen LogP contribution >= 0.6 is 0 Å². The van der Waals surface area contributed by atoms with E-state index in [0.29, 0.717) is 0 Å². The first-order valence-electron chi connectivity index (χ1n) is 5.41. The van der Waals surface area contributed by atoms with Crippen LogP contribution < -0.4 is 10.6 Å². The standard InChI is InChI=1S/C12H13FN2O2/c1-7(8-3-2-4-9(13)5-8)14-10-6-11(16)15-12(10)17/h2-5,7,10,14H,6H2,1H3,(H,15,16,17)/t7-,10?/m0/s1. The minimum Gasteiger partial charge on any atom is -0.299 e. The van der Waals surface area contributed by atoms with Gasteiger partial charge in [0.25, 0.3) is 0 Å². The van der Waals surface area contributed by atoms with E-state index in [4.69, 9.17) is 0 Å². The van der Waals surface area contributed by atoms with Gasteiger partial charge in [0.05, 0.1) is 12.5 Å². The lowest BCUT2D eigenvalue weighted by Crippen LogP contribution is -2.37. The number of hydrogen-bond acceptors (Lipinski definition) is 3. The summed E-state index contributed by atoms with van der Waals surface area (Å²) in [7, 11) is 0. The zero-order valence-electron chi connectivity index (χ0n) is 9.37.